The third kappa shape index (κ3) is 1.21. The number of hydrogen-bond donors (Lipinski definition) is 0. The van der Waals surface area contributed by atoms with Crippen LogP contribution in [0.25, 0.3) is 10.8 Å². The lowest BCUT2D eigenvalue weighted by Gasteiger charge is -2.06. The van der Waals surface area contributed by atoms with E-state index in [9.17, 15) is 4.39 Å². The molecule has 1 aromatic heterocycles. The fraction of sp³-hybridized carbons (Fsp3) is 0.182. The van der Waals surface area contributed by atoms with Crippen LogP contribution >= 0.6 is 0 Å². The summed E-state index contributed by atoms with van der Waals surface area (Å²) in [5.41, 5.74) is 1.02. The Balaban J connectivity index is 2.92. The minimum Gasteiger partial charge on any atom is -0.480 e. The van der Waals surface area contributed by atoms with Crippen LogP contribution in [0.3, 0.4) is 0 Å². The van der Waals surface area contributed by atoms with Crippen LogP contribution in [0.4, 0.5) is 4.39 Å². The number of fused-ring (bicyclic) bond motifs is 1. The van der Waals surface area contributed by atoms with Crippen molar-refractivity contribution in [2.75, 3.05) is 7.11 Å². The second kappa shape index (κ2) is 3.25. The summed E-state index contributed by atoms with van der Waals surface area (Å²) in [5.74, 6) is 0.0410. The fourth-order valence-electron chi connectivity index (χ4n) is 1.53. The Hall–Kier alpha value is -1.64. The van der Waals surface area contributed by atoms with Crippen molar-refractivity contribution in [2.24, 2.45) is 0 Å². The van der Waals surface area contributed by atoms with Crippen LogP contribution in [-0.4, -0.2) is 12.1 Å². The van der Waals surface area contributed by atoms with Gasteiger partial charge in [-0.05, 0) is 30.0 Å². The first-order valence-electron chi connectivity index (χ1n) is 4.32. The second-order valence-electron chi connectivity index (χ2n) is 3.11. The zero-order valence-electron chi connectivity index (χ0n) is 8.04. The molecule has 0 fully saturated rings. The second-order valence-corrected chi connectivity index (χ2v) is 3.11. The van der Waals surface area contributed by atoms with E-state index in [1.165, 1.54) is 13.2 Å². The topological polar surface area (TPSA) is 22.1 Å². The monoisotopic (exact) mass is 191 g/mol. The lowest BCUT2D eigenvalue weighted by atomic mass is 10.1. The smallest absolute Gasteiger partial charge is 0.224 e. The fourth-order valence-corrected chi connectivity index (χ4v) is 1.53. The van der Waals surface area contributed by atoms with Crippen LogP contribution < -0.4 is 4.74 Å². The molecule has 0 aliphatic rings. The van der Waals surface area contributed by atoms with Gasteiger partial charge < -0.3 is 4.74 Å². The van der Waals surface area contributed by atoms with Gasteiger partial charge in [-0.25, -0.2) is 9.37 Å². The van der Waals surface area contributed by atoms with Crippen molar-refractivity contribution in [3.63, 3.8) is 0 Å². The number of aryl methyl sites for hydroxylation is 1. The number of halogens is 1. The summed E-state index contributed by atoms with van der Waals surface area (Å²) in [6, 6.07) is 4.97. The molecule has 0 amide bonds. The van der Waals surface area contributed by atoms with E-state index < -0.39 is 0 Å². The molecule has 1 heterocycles. The average molecular weight is 191 g/mol. The molecule has 0 atom stereocenters. The number of hydrogen-bond acceptors (Lipinski definition) is 2. The molecule has 0 bridgehead atoms. The summed E-state index contributed by atoms with van der Waals surface area (Å²) in [6.45, 7) is 1.93. The predicted molar refractivity (Wildman–Crippen MR) is 53.0 cm³/mol. The van der Waals surface area contributed by atoms with Crippen molar-refractivity contribution in [1.82, 2.24) is 4.98 Å². The third-order valence-corrected chi connectivity index (χ3v) is 2.25. The van der Waals surface area contributed by atoms with E-state index in [0.29, 0.717) is 11.3 Å². The standard InChI is InChI=1S/C11H10FNO/c1-7-3-4-9(12)10-8(7)5-6-13-11(10)14-2/h3-6H,1-2H3. The van der Waals surface area contributed by atoms with E-state index in [2.05, 4.69) is 4.98 Å². The van der Waals surface area contributed by atoms with Gasteiger partial charge in [0.25, 0.3) is 0 Å². The lowest BCUT2D eigenvalue weighted by Crippen LogP contribution is -1.92. The molecule has 72 valence electrons. The van der Waals surface area contributed by atoms with Gasteiger partial charge in [-0.15, -0.1) is 0 Å². The first-order chi connectivity index (χ1) is 6.74. The van der Waals surface area contributed by atoms with E-state index in [-0.39, 0.29) is 5.82 Å². The quantitative estimate of drug-likeness (QED) is 0.691. The molecule has 0 N–H and O–H groups in total. The Morgan fingerprint density at radius 3 is 2.79 bits per heavy atom. The molecular weight excluding hydrogens is 181 g/mol. The van der Waals surface area contributed by atoms with Crippen molar-refractivity contribution in [1.29, 1.82) is 0 Å². The number of aromatic nitrogens is 1. The van der Waals surface area contributed by atoms with Gasteiger partial charge in [0.05, 0.1) is 12.5 Å². The van der Waals surface area contributed by atoms with Crippen LogP contribution in [-0.2, 0) is 0 Å². The van der Waals surface area contributed by atoms with E-state index >= 15 is 0 Å². The maximum absolute atomic E-state index is 13.5. The molecule has 0 unspecified atom stereocenters. The molecule has 0 radical (unpaired) electrons. The van der Waals surface area contributed by atoms with E-state index in [0.717, 1.165) is 10.9 Å². The van der Waals surface area contributed by atoms with Crippen LogP contribution in [0, 0.1) is 12.7 Å². The van der Waals surface area contributed by atoms with Crippen molar-refractivity contribution >= 4 is 10.8 Å². The first-order valence-corrected chi connectivity index (χ1v) is 4.32. The summed E-state index contributed by atoms with van der Waals surface area (Å²) in [5, 5.41) is 1.30. The molecule has 1 aromatic carbocycles. The number of ether oxygens (including phenoxy) is 1. The first kappa shape index (κ1) is 8.94. The highest BCUT2D eigenvalue weighted by atomic mass is 19.1. The summed E-state index contributed by atoms with van der Waals surface area (Å²) in [4.78, 5) is 3.97. The maximum atomic E-state index is 13.5. The van der Waals surface area contributed by atoms with Gasteiger partial charge >= 0.3 is 0 Å². The Labute approximate surface area is 81.3 Å². The molecule has 0 spiro atoms. The van der Waals surface area contributed by atoms with Crippen LogP contribution in [0.1, 0.15) is 5.56 Å². The minimum atomic E-state index is -0.296. The normalized spacial score (nSPS) is 10.5. The van der Waals surface area contributed by atoms with Crippen LogP contribution in [0.5, 0.6) is 5.88 Å². The minimum absolute atomic E-state index is 0.296. The Morgan fingerprint density at radius 2 is 2.07 bits per heavy atom. The average Bonchev–Trinajstić information content (AvgIpc) is 2.23. The predicted octanol–water partition coefficient (Wildman–Crippen LogP) is 2.69. The highest BCUT2D eigenvalue weighted by molar-refractivity contribution is 5.89. The molecule has 0 aliphatic heterocycles. The van der Waals surface area contributed by atoms with Crippen LogP contribution in [0.15, 0.2) is 24.4 Å². The zero-order chi connectivity index (χ0) is 10.1. The largest absolute Gasteiger partial charge is 0.480 e. The molecule has 3 heteroatoms. The Morgan fingerprint density at radius 1 is 1.29 bits per heavy atom. The van der Waals surface area contributed by atoms with Gasteiger partial charge in [-0.1, -0.05) is 6.07 Å². The molecule has 14 heavy (non-hydrogen) atoms. The summed E-state index contributed by atoms with van der Waals surface area (Å²) in [6.07, 6.45) is 1.62. The molecule has 0 saturated heterocycles. The van der Waals surface area contributed by atoms with Gasteiger partial charge in [-0.2, -0.15) is 0 Å². The number of rotatable bonds is 1. The Kier molecular flexibility index (Phi) is 2.08. The highest BCUT2D eigenvalue weighted by Gasteiger charge is 2.09. The van der Waals surface area contributed by atoms with Crippen molar-refractivity contribution in [3.8, 4) is 5.88 Å². The van der Waals surface area contributed by atoms with Crippen molar-refractivity contribution in [2.45, 2.75) is 6.92 Å². The SMILES string of the molecule is COc1nccc2c(C)ccc(F)c12. The maximum Gasteiger partial charge on any atom is 0.224 e. The Bertz CT molecular complexity index is 482. The van der Waals surface area contributed by atoms with Gasteiger partial charge in [0.15, 0.2) is 0 Å². The summed E-state index contributed by atoms with van der Waals surface area (Å²) in [7, 11) is 1.49. The van der Waals surface area contributed by atoms with E-state index in [1.54, 1.807) is 18.3 Å². The lowest BCUT2D eigenvalue weighted by molar-refractivity contribution is 0.401. The molecule has 2 rings (SSSR count). The van der Waals surface area contributed by atoms with Gasteiger partial charge in [0.2, 0.25) is 5.88 Å². The van der Waals surface area contributed by atoms with Crippen molar-refractivity contribution < 1.29 is 9.13 Å². The molecular formula is C11H10FNO. The number of benzene rings is 1. The summed E-state index contributed by atoms with van der Waals surface area (Å²) < 4.78 is 18.5. The third-order valence-electron chi connectivity index (χ3n) is 2.25. The highest BCUT2D eigenvalue weighted by Crippen LogP contribution is 2.27. The van der Waals surface area contributed by atoms with E-state index in [1.807, 2.05) is 6.92 Å². The van der Waals surface area contributed by atoms with Gasteiger partial charge in [0.1, 0.15) is 5.82 Å². The summed E-state index contributed by atoms with van der Waals surface area (Å²) >= 11 is 0. The molecule has 2 aromatic rings. The number of nitrogens with zero attached hydrogens (tertiary/aromatic N) is 1. The molecule has 0 saturated carbocycles. The van der Waals surface area contributed by atoms with Crippen molar-refractivity contribution in [3.05, 3.63) is 35.8 Å². The van der Waals surface area contributed by atoms with Gasteiger partial charge in [-0.3, -0.25) is 0 Å². The number of pyridine rings is 1. The van der Waals surface area contributed by atoms with Gasteiger partial charge in [0, 0.05) is 6.20 Å². The molecule has 2 nitrogen and oxygen atoms in total. The number of methoxy groups -OCH3 is 1. The zero-order valence-corrected chi connectivity index (χ0v) is 8.04. The van der Waals surface area contributed by atoms with E-state index in [4.69, 9.17) is 4.74 Å². The molecule has 0 aliphatic carbocycles. The van der Waals surface area contributed by atoms with Crippen LogP contribution in [0.2, 0.25) is 0 Å².